The number of rotatable bonds is 3. The van der Waals surface area contributed by atoms with E-state index >= 15 is 0 Å². The monoisotopic (exact) mass is 357 g/mol. The van der Waals surface area contributed by atoms with Gasteiger partial charge < -0.3 is 13.9 Å². The molecule has 0 N–H and O–H groups in total. The highest BCUT2D eigenvalue weighted by Gasteiger charge is 2.24. The molecule has 0 bridgehead atoms. The first kappa shape index (κ1) is 15.9. The van der Waals surface area contributed by atoms with E-state index in [1.54, 1.807) is 6.26 Å². The van der Waals surface area contributed by atoms with Crippen molar-refractivity contribution in [3.05, 3.63) is 72.5 Å². The van der Waals surface area contributed by atoms with Crippen molar-refractivity contribution in [2.45, 2.75) is 19.4 Å². The van der Waals surface area contributed by atoms with Crippen molar-refractivity contribution in [2.24, 2.45) is 0 Å². The number of carbonyl (C=O) groups excluding carboxylic acids is 1. The van der Waals surface area contributed by atoms with Gasteiger partial charge in [-0.25, -0.2) is 4.98 Å². The Hall–Kier alpha value is -3.34. The van der Waals surface area contributed by atoms with E-state index in [0.717, 1.165) is 36.1 Å². The Morgan fingerprint density at radius 1 is 1.04 bits per heavy atom. The van der Waals surface area contributed by atoms with Crippen molar-refractivity contribution in [3.63, 3.8) is 0 Å². The Balaban J connectivity index is 1.55. The van der Waals surface area contributed by atoms with Crippen molar-refractivity contribution in [1.82, 2.24) is 9.55 Å². The molecule has 3 heterocycles. The summed E-state index contributed by atoms with van der Waals surface area (Å²) < 4.78 is 7.52. The fourth-order valence-corrected chi connectivity index (χ4v) is 3.84. The highest BCUT2D eigenvalue weighted by atomic mass is 16.3. The lowest BCUT2D eigenvalue weighted by Crippen LogP contribution is -2.37. The molecule has 0 radical (unpaired) electrons. The standard InChI is InChI=1S/C22H19N3O2/c26-21(24-13-5-8-16-7-1-3-10-18(16)24)15-25-19-11-4-2-9-17(19)23-22(25)20-12-6-14-27-20/h1-4,6-7,9-12,14H,5,8,13,15H2. The van der Waals surface area contributed by atoms with Gasteiger partial charge >= 0.3 is 0 Å². The van der Waals surface area contributed by atoms with Gasteiger partial charge in [-0.3, -0.25) is 4.79 Å². The second kappa shape index (κ2) is 6.43. The summed E-state index contributed by atoms with van der Waals surface area (Å²) in [5, 5.41) is 0. The van der Waals surface area contributed by atoms with E-state index in [0.29, 0.717) is 11.6 Å². The van der Waals surface area contributed by atoms with Gasteiger partial charge in [-0.1, -0.05) is 30.3 Å². The second-order valence-corrected chi connectivity index (χ2v) is 6.77. The van der Waals surface area contributed by atoms with Crippen LogP contribution >= 0.6 is 0 Å². The summed E-state index contributed by atoms with van der Waals surface area (Å²) in [5.41, 5.74) is 4.05. The van der Waals surface area contributed by atoms with Gasteiger partial charge in [0.25, 0.3) is 0 Å². The molecule has 0 aliphatic carbocycles. The average molecular weight is 357 g/mol. The number of amides is 1. The predicted molar refractivity (Wildman–Crippen MR) is 105 cm³/mol. The number of nitrogens with zero attached hydrogens (tertiary/aromatic N) is 3. The maximum Gasteiger partial charge on any atom is 0.247 e. The number of furan rings is 1. The summed E-state index contributed by atoms with van der Waals surface area (Å²) >= 11 is 0. The van der Waals surface area contributed by atoms with Crippen LogP contribution in [0.5, 0.6) is 0 Å². The van der Waals surface area contributed by atoms with Gasteiger partial charge in [0.05, 0.1) is 17.3 Å². The lowest BCUT2D eigenvalue weighted by Gasteiger charge is -2.29. The van der Waals surface area contributed by atoms with Gasteiger partial charge in [0.15, 0.2) is 11.6 Å². The molecule has 0 unspecified atom stereocenters. The highest BCUT2D eigenvalue weighted by molar-refractivity contribution is 5.95. The summed E-state index contributed by atoms with van der Waals surface area (Å²) in [4.78, 5) is 19.8. The lowest BCUT2D eigenvalue weighted by atomic mass is 10.0. The third kappa shape index (κ3) is 2.72. The summed E-state index contributed by atoms with van der Waals surface area (Å²) in [5.74, 6) is 1.41. The molecule has 27 heavy (non-hydrogen) atoms. The smallest absolute Gasteiger partial charge is 0.247 e. The topological polar surface area (TPSA) is 51.3 Å². The fourth-order valence-electron chi connectivity index (χ4n) is 3.84. The number of imidazole rings is 1. The molecule has 1 aliphatic heterocycles. The largest absolute Gasteiger partial charge is 0.461 e. The Kier molecular flexibility index (Phi) is 3.78. The Morgan fingerprint density at radius 2 is 1.89 bits per heavy atom. The number of carbonyl (C=O) groups is 1. The zero-order chi connectivity index (χ0) is 18.2. The van der Waals surface area contributed by atoms with Gasteiger partial charge in [0.1, 0.15) is 6.54 Å². The first-order chi connectivity index (χ1) is 13.3. The van der Waals surface area contributed by atoms with Gasteiger partial charge in [0, 0.05) is 12.2 Å². The van der Waals surface area contributed by atoms with E-state index in [-0.39, 0.29) is 12.5 Å². The minimum atomic E-state index is 0.0677. The molecule has 0 spiro atoms. The van der Waals surface area contributed by atoms with Crippen LogP contribution in [0, 0.1) is 0 Å². The molecule has 0 fully saturated rings. The zero-order valence-electron chi connectivity index (χ0n) is 14.8. The third-order valence-electron chi connectivity index (χ3n) is 5.10. The van der Waals surface area contributed by atoms with E-state index in [9.17, 15) is 4.79 Å². The van der Waals surface area contributed by atoms with Crippen LogP contribution < -0.4 is 4.90 Å². The molecule has 5 nitrogen and oxygen atoms in total. The van der Waals surface area contributed by atoms with Crippen molar-refractivity contribution in [1.29, 1.82) is 0 Å². The zero-order valence-corrected chi connectivity index (χ0v) is 14.8. The van der Waals surface area contributed by atoms with E-state index in [2.05, 4.69) is 6.07 Å². The van der Waals surface area contributed by atoms with E-state index < -0.39 is 0 Å². The number of anilines is 1. The number of para-hydroxylation sites is 3. The van der Waals surface area contributed by atoms with Gasteiger partial charge in [-0.2, -0.15) is 0 Å². The number of hydrogen-bond donors (Lipinski definition) is 0. The summed E-state index contributed by atoms with van der Waals surface area (Å²) in [7, 11) is 0. The van der Waals surface area contributed by atoms with Crippen molar-refractivity contribution in [3.8, 4) is 11.6 Å². The maximum atomic E-state index is 13.2. The first-order valence-corrected chi connectivity index (χ1v) is 9.19. The van der Waals surface area contributed by atoms with Crippen LogP contribution in [-0.4, -0.2) is 22.0 Å². The number of aromatic nitrogens is 2. The SMILES string of the molecule is O=C(Cn1c(-c2ccco2)nc2ccccc21)N1CCCc2ccccc21. The molecular formula is C22H19N3O2. The summed E-state index contributed by atoms with van der Waals surface area (Å²) in [6.07, 6.45) is 3.63. The quantitative estimate of drug-likeness (QED) is 0.550. The minimum absolute atomic E-state index is 0.0677. The summed E-state index contributed by atoms with van der Waals surface area (Å²) in [6, 6.07) is 19.7. The molecule has 4 aromatic rings. The number of benzene rings is 2. The Labute approximate surface area is 156 Å². The van der Waals surface area contributed by atoms with E-state index in [1.807, 2.05) is 64.1 Å². The molecule has 1 amide bonds. The number of aryl methyl sites for hydroxylation is 1. The average Bonchev–Trinajstić information content (AvgIpc) is 3.36. The molecule has 0 saturated heterocycles. The lowest BCUT2D eigenvalue weighted by molar-refractivity contribution is -0.119. The minimum Gasteiger partial charge on any atom is -0.461 e. The number of hydrogen-bond acceptors (Lipinski definition) is 3. The molecule has 5 rings (SSSR count). The molecule has 1 aliphatic rings. The van der Waals surface area contributed by atoms with Crippen LogP contribution in [0.25, 0.3) is 22.6 Å². The van der Waals surface area contributed by atoms with Gasteiger partial charge in [-0.05, 0) is 48.7 Å². The first-order valence-electron chi connectivity index (χ1n) is 9.19. The number of fused-ring (bicyclic) bond motifs is 2. The summed E-state index contributed by atoms with van der Waals surface area (Å²) in [6.45, 7) is 0.976. The predicted octanol–water partition coefficient (Wildman–Crippen LogP) is 4.28. The van der Waals surface area contributed by atoms with Crippen LogP contribution in [0.15, 0.2) is 71.3 Å². The van der Waals surface area contributed by atoms with Gasteiger partial charge in [0.2, 0.25) is 5.91 Å². The Morgan fingerprint density at radius 3 is 2.78 bits per heavy atom. The highest BCUT2D eigenvalue weighted by Crippen LogP contribution is 2.29. The van der Waals surface area contributed by atoms with Gasteiger partial charge in [-0.15, -0.1) is 0 Å². The van der Waals surface area contributed by atoms with E-state index in [4.69, 9.17) is 9.40 Å². The van der Waals surface area contributed by atoms with Crippen molar-refractivity contribution < 1.29 is 9.21 Å². The van der Waals surface area contributed by atoms with Crippen LogP contribution in [0.1, 0.15) is 12.0 Å². The normalized spacial score (nSPS) is 13.7. The third-order valence-corrected chi connectivity index (χ3v) is 5.10. The second-order valence-electron chi connectivity index (χ2n) is 6.77. The van der Waals surface area contributed by atoms with Crippen molar-refractivity contribution >= 4 is 22.6 Å². The van der Waals surface area contributed by atoms with Crippen LogP contribution in [-0.2, 0) is 17.8 Å². The molecule has 0 atom stereocenters. The molecule has 0 saturated carbocycles. The molecular weight excluding hydrogens is 338 g/mol. The molecule has 2 aromatic heterocycles. The van der Waals surface area contributed by atoms with Crippen molar-refractivity contribution in [2.75, 3.05) is 11.4 Å². The van der Waals surface area contributed by atoms with Crippen LogP contribution in [0.4, 0.5) is 5.69 Å². The Bertz CT molecular complexity index is 1110. The van der Waals surface area contributed by atoms with E-state index in [1.165, 1.54) is 5.56 Å². The van der Waals surface area contributed by atoms with Crippen LogP contribution in [0.3, 0.4) is 0 Å². The molecule has 5 heteroatoms. The van der Waals surface area contributed by atoms with Crippen LogP contribution in [0.2, 0.25) is 0 Å². The maximum absolute atomic E-state index is 13.2. The fraction of sp³-hybridized carbons (Fsp3) is 0.182. The molecule has 2 aromatic carbocycles. The molecule has 134 valence electrons.